The van der Waals surface area contributed by atoms with Gasteiger partial charge in [0.05, 0.1) is 23.7 Å². The molecule has 2 aromatic heterocycles. The first-order valence-corrected chi connectivity index (χ1v) is 5.33. The van der Waals surface area contributed by atoms with Crippen LogP contribution < -0.4 is 0 Å². The van der Waals surface area contributed by atoms with Crippen molar-refractivity contribution in [2.24, 2.45) is 0 Å². The number of nitrogens with one attached hydrogen (secondary N) is 1. The van der Waals surface area contributed by atoms with Gasteiger partial charge in [0, 0.05) is 0 Å². The molecule has 4 nitrogen and oxygen atoms in total. The van der Waals surface area contributed by atoms with Crippen LogP contribution in [0.3, 0.4) is 0 Å². The normalized spacial score (nSPS) is 10.2. The number of halogens is 1. The predicted molar refractivity (Wildman–Crippen MR) is 70.1 cm³/mol. The number of rotatable bonds is 3. The number of benzene rings is 1. The van der Waals surface area contributed by atoms with Crippen molar-refractivity contribution in [3.8, 4) is 0 Å². The molecule has 0 saturated carbocycles. The molecular weight excluding hydrogens is 252 g/mol. The smallest absolute Gasteiger partial charge is 0.205 e. The predicted octanol–water partition coefficient (Wildman–Crippen LogP) is 3.00. The van der Waals surface area contributed by atoms with Gasteiger partial charge in [0.1, 0.15) is 5.82 Å². The monoisotopic (exact) mass is 262 g/mol. The summed E-state index contributed by atoms with van der Waals surface area (Å²) < 4.78 is 5.05. The molecule has 0 aliphatic heterocycles. The molecule has 0 atom stereocenters. The minimum Gasteiger partial charge on any atom is -0.461 e. The van der Waals surface area contributed by atoms with Crippen LogP contribution in [0.1, 0.15) is 16.4 Å². The highest BCUT2D eigenvalue weighted by molar-refractivity contribution is 5.94. The van der Waals surface area contributed by atoms with Crippen molar-refractivity contribution in [3.05, 3.63) is 54.2 Å². The molecule has 1 aromatic carbocycles. The third-order valence-electron chi connectivity index (χ3n) is 2.56. The topological polar surface area (TPSA) is 58.9 Å². The zero-order valence-electron chi connectivity index (χ0n) is 9.42. The van der Waals surface area contributed by atoms with E-state index in [1.807, 2.05) is 24.3 Å². The lowest BCUT2D eigenvalue weighted by Gasteiger charge is -1.92. The zero-order valence-corrected chi connectivity index (χ0v) is 10.2. The van der Waals surface area contributed by atoms with E-state index in [1.165, 1.54) is 6.26 Å². The van der Waals surface area contributed by atoms with Gasteiger partial charge in [0.2, 0.25) is 5.78 Å². The number of nitrogens with zero attached hydrogens (tertiary/aromatic N) is 1. The standard InChI is InChI=1S/C13H10N2O2.ClH/c16-11(12-6-3-7-17-12)8-13-14-9-4-1-2-5-10(9)15-13;/h1-7H,8H2,(H,14,15);1H. The van der Waals surface area contributed by atoms with Gasteiger partial charge in [-0.2, -0.15) is 0 Å². The van der Waals surface area contributed by atoms with E-state index in [1.54, 1.807) is 12.1 Å². The molecule has 0 aliphatic carbocycles. The van der Waals surface area contributed by atoms with Crippen LogP contribution in [0.15, 0.2) is 47.1 Å². The second kappa shape index (κ2) is 5.06. The van der Waals surface area contributed by atoms with E-state index in [-0.39, 0.29) is 24.6 Å². The molecule has 0 bridgehead atoms. The van der Waals surface area contributed by atoms with Gasteiger partial charge < -0.3 is 9.40 Å². The number of fused-ring (bicyclic) bond motifs is 1. The van der Waals surface area contributed by atoms with Gasteiger partial charge in [-0.25, -0.2) is 4.98 Å². The Morgan fingerprint density at radius 1 is 1.22 bits per heavy atom. The number of hydrogen-bond donors (Lipinski definition) is 1. The third kappa shape index (κ3) is 2.28. The van der Waals surface area contributed by atoms with E-state index in [9.17, 15) is 4.79 Å². The summed E-state index contributed by atoms with van der Waals surface area (Å²) in [5, 5.41) is 0. The number of aromatic amines is 1. The summed E-state index contributed by atoms with van der Waals surface area (Å²) in [7, 11) is 0. The van der Waals surface area contributed by atoms with Gasteiger partial charge in [0.25, 0.3) is 0 Å². The molecule has 0 radical (unpaired) electrons. The van der Waals surface area contributed by atoms with Gasteiger partial charge in [0.15, 0.2) is 5.76 Å². The fourth-order valence-corrected chi connectivity index (χ4v) is 1.77. The molecular formula is C13H11ClN2O2. The maximum Gasteiger partial charge on any atom is 0.205 e. The van der Waals surface area contributed by atoms with Gasteiger partial charge in [-0.15, -0.1) is 12.4 Å². The number of carbonyl (C=O) groups is 1. The van der Waals surface area contributed by atoms with Crippen LogP contribution in [0.25, 0.3) is 11.0 Å². The molecule has 0 unspecified atom stereocenters. The molecule has 2 heterocycles. The van der Waals surface area contributed by atoms with Crippen molar-refractivity contribution in [1.82, 2.24) is 9.97 Å². The molecule has 3 aromatic rings. The van der Waals surface area contributed by atoms with Crippen LogP contribution in [0.5, 0.6) is 0 Å². The lowest BCUT2D eigenvalue weighted by atomic mass is 10.2. The van der Waals surface area contributed by atoms with Crippen molar-refractivity contribution >= 4 is 29.2 Å². The van der Waals surface area contributed by atoms with E-state index in [0.717, 1.165) is 11.0 Å². The van der Waals surface area contributed by atoms with Crippen LogP contribution in [-0.4, -0.2) is 15.8 Å². The lowest BCUT2D eigenvalue weighted by molar-refractivity contribution is 0.0964. The Balaban J connectivity index is 0.00000120. The molecule has 0 saturated heterocycles. The molecule has 0 aliphatic rings. The molecule has 0 amide bonds. The van der Waals surface area contributed by atoms with E-state index < -0.39 is 0 Å². The number of Topliss-reactive ketones (excluding diaryl/α,β-unsaturated/α-hetero) is 1. The Labute approximate surface area is 109 Å². The van der Waals surface area contributed by atoms with Crippen molar-refractivity contribution in [3.63, 3.8) is 0 Å². The highest BCUT2D eigenvalue weighted by Crippen LogP contribution is 2.12. The van der Waals surface area contributed by atoms with Crippen LogP contribution in [0, 0.1) is 0 Å². The van der Waals surface area contributed by atoms with Crippen LogP contribution >= 0.6 is 12.4 Å². The molecule has 92 valence electrons. The third-order valence-corrected chi connectivity index (χ3v) is 2.56. The molecule has 1 N–H and O–H groups in total. The number of ketones is 1. The van der Waals surface area contributed by atoms with Gasteiger partial charge in [-0.1, -0.05) is 12.1 Å². The average molecular weight is 263 g/mol. The molecule has 5 heteroatoms. The number of hydrogen-bond acceptors (Lipinski definition) is 3. The first-order chi connectivity index (χ1) is 8.33. The maximum atomic E-state index is 11.8. The van der Waals surface area contributed by atoms with Gasteiger partial charge >= 0.3 is 0 Å². The summed E-state index contributed by atoms with van der Waals surface area (Å²) >= 11 is 0. The second-order valence-electron chi connectivity index (χ2n) is 3.78. The molecule has 0 spiro atoms. The van der Waals surface area contributed by atoms with Crippen molar-refractivity contribution < 1.29 is 9.21 Å². The summed E-state index contributed by atoms with van der Waals surface area (Å²) in [4.78, 5) is 19.3. The van der Waals surface area contributed by atoms with Crippen LogP contribution in [0.4, 0.5) is 0 Å². The number of H-pyrrole nitrogens is 1. The largest absolute Gasteiger partial charge is 0.461 e. The van der Waals surface area contributed by atoms with Crippen LogP contribution in [-0.2, 0) is 6.42 Å². The minimum absolute atomic E-state index is 0. The Kier molecular flexibility index (Phi) is 3.48. The van der Waals surface area contributed by atoms with E-state index in [2.05, 4.69) is 9.97 Å². The van der Waals surface area contributed by atoms with Crippen LogP contribution in [0.2, 0.25) is 0 Å². The number of carbonyl (C=O) groups excluding carboxylic acids is 1. The quantitative estimate of drug-likeness (QED) is 0.738. The maximum absolute atomic E-state index is 11.8. The number of imidazole rings is 1. The summed E-state index contributed by atoms with van der Waals surface area (Å²) in [6.45, 7) is 0. The minimum atomic E-state index is -0.0749. The van der Waals surface area contributed by atoms with Crippen molar-refractivity contribution in [2.45, 2.75) is 6.42 Å². The zero-order chi connectivity index (χ0) is 11.7. The van der Waals surface area contributed by atoms with Gasteiger partial charge in [-0.3, -0.25) is 4.79 Å². The average Bonchev–Trinajstić information content (AvgIpc) is 2.97. The van der Waals surface area contributed by atoms with E-state index >= 15 is 0 Å². The summed E-state index contributed by atoms with van der Waals surface area (Å²) in [5.41, 5.74) is 1.81. The number of aromatic nitrogens is 2. The highest BCUT2D eigenvalue weighted by Gasteiger charge is 2.12. The van der Waals surface area contributed by atoms with Gasteiger partial charge in [-0.05, 0) is 24.3 Å². The molecule has 18 heavy (non-hydrogen) atoms. The second-order valence-corrected chi connectivity index (χ2v) is 3.78. The van der Waals surface area contributed by atoms with E-state index in [0.29, 0.717) is 11.6 Å². The van der Waals surface area contributed by atoms with E-state index in [4.69, 9.17) is 4.42 Å². The Morgan fingerprint density at radius 3 is 2.78 bits per heavy atom. The van der Waals surface area contributed by atoms with Crippen molar-refractivity contribution in [2.75, 3.05) is 0 Å². The Morgan fingerprint density at radius 2 is 2.06 bits per heavy atom. The molecule has 3 rings (SSSR count). The first-order valence-electron chi connectivity index (χ1n) is 5.33. The fourth-order valence-electron chi connectivity index (χ4n) is 1.77. The first kappa shape index (κ1) is 12.4. The Bertz CT molecular complexity index is 626. The summed E-state index contributed by atoms with van der Waals surface area (Å²) in [5.74, 6) is 0.951. The highest BCUT2D eigenvalue weighted by atomic mass is 35.5. The fraction of sp³-hybridized carbons (Fsp3) is 0.0769. The SMILES string of the molecule is Cl.O=C(Cc1nc2ccccc2[nH]1)c1ccco1. The van der Waals surface area contributed by atoms with Crippen molar-refractivity contribution in [1.29, 1.82) is 0 Å². The summed E-state index contributed by atoms with van der Waals surface area (Å²) in [6, 6.07) is 11.0. The number of furan rings is 1. The lowest BCUT2D eigenvalue weighted by Crippen LogP contribution is -2.03. The summed E-state index contributed by atoms with van der Waals surface area (Å²) in [6.07, 6.45) is 1.72. The molecule has 0 fully saturated rings. The Hall–Kier alpha value is -2.07. The number of para-hydroxylation sites is 2.